The predicted octanol–water partition coefficient (Wildman–Crippen LogP) is 6.89. The number of carbonyl (C=O) groups excluding carboxylic acids is 1. The molecular formula is C25H30Cl4N4O2. The molecule has 3 aromatic rings. The second-order valence-corrected chi connectivity index (χ2v) is 9.79. The Hall–Kier alpha value is -1.83. The van der Waals surface area contributed by atoms with Crippen molar-refractivity contribution in [3.05, 3.63) is 46.1 Å². The Labute approximate surface area is 228 Å². The largest absolute Gasteiger partial charge is 0.505 e. The lowest BCUT2D eigenvalue weighted by atomic mass is 9.85. The summed E-state index contributed by atoms with van der Waals surface area (Å²) in [6.07, 6.45) is 6.28. The molecule has 0 spiro atoms. The summed E-state index contributed by atoms with van der Waals surface area (Å²) in [4.78, 5) is 24.0. The number of carbonyl (C=O) groups is 1. The van der Waals surface area contributed by atoms with Gasteiger partial charge >= 0.3 is 0 Å². The van der Waals surface area contributed by atoms with E-state index in [0.29, 0.717) is 45.5 Å². The van der Waals surface area contributed by atoms with Crippen molar-refractivity contribution in [2.75, 3.05) is 26.0 Å². The molecule has 10 heteroatoms. The van der Waals surface area contributed by atoms with Crippen molar-refractivity contribution in [3.63, 3.8) is 0 Å². The van der Waals surface area contributed by atoms with Crippen molar-refractivity contribution in [2.45, 2.75) is 38.6 Å². The molecule has 1 aliphatic carbocycles. The zero-order valence-corrected chi connectivity index (χ0v) is 23.0. The first kappa shape index (κ1) is 29.4. The average Bonchev–Trinajstić information content (AvgIpc) is 2.80. The Kier molecular flexibility index (Phi) is 10.4. The number of aromatic nitrogens is 2. The molecule has 0 unspecified atom stereocenters. The first-order valence-corrected chi connectivity index (χ1v) is 11.9. The number of pyridine rings is 2. The molecule has 0 radical (unpaired) electrons. The third kappa shape index (κ3) is 6.49. The number of ketones is 1. The molecule has 1 aliphatic rings. The highest BCUT2D eigenvalue weighted by atomic mass is 35.5. The van der Waals surface area contributed by atoms with Crippen LogP contribution in [0.3, 0.4) is 0 Å². The molecule has 0 amide bonds. The molecule has 0 atom stereocenters. The van der Waals surface area contributed by atoms with Gasteiger partial charge in [-0.3, -0.25) is 9.78 Å². The van der Waals surface area contributed by atoms with Gasteiger partial charge in [0.05, 0.1) is 32.5 Å². The van der Waals surface area contributed by atoms with E-state index in [-0.39, 0.29) is 46.4 Å². The lowest BCUT2D eigenvalue weighted by Crippen LogP contribution is -2.33. The summed E-state index contributed by atoms with van der Waals surface area (Å²) >= 11 is 12.2. The van der Waals surface area contributed by atoms with Crippen molar-refractivity contribution in [3.8, 4) is 17.0 Å². The van der Waals surface area contributed by atoms with E-state index < -0.39 is 0 Å². The van der Waals surface area contributed by atoms with Gasteiger partial charge in [0, 0.05) is 24.3 Å². The minimum absolute atomic E-state index is 0. The van der Waals surface area contributed by atoms with Gasteiger partial charge in [0.25, 0.3) is 0 Å². The lowest BCUT2D eigenvalue weighted by molar-refractivity contribution is 0.101. The van der Waals surface area contributed by atoms with E-state index in [1.807, 2.05) is 12.1 Å². The van der Waals surface area contributed by atoms with Crippen LogP contribution in [0.2, 0.25) is 10.0 Å². The molecule has 2 aromatic heterocycles. The Bertz CT molecular complexity index is 1170. The van der Waals surface area contributed by atoms with Gasteiger partial charge in [0.15, 0.2) is 11.5 Å². The minimum atomic E-state index is -0.158. The zero-order valence-electron chi connectivity index (χ0n) is 19.8. The molecule has 0 bridgehead atoms. The van der Waals surface area contributed by atoms with Crippen LogP contribution in [0.25, 0.3) is 22.3 Å². The second-order valence-electron chi connectivity index (χ2n) is 8.97. The predicted molar refractivity (Wildman–Crippen MR) is 149 cm³/mol. The molecule has 2 heterocycles. The number of nitrogens with one attached hydrogen (secondary N) is 1. The number of aromatic hydroxyl groups is 1. The smallest absolute Gasteiger partial charge is 0.163 e. The summed E-state index contributed by atoms with van der Waals surface area (Å²) < 4.78 is 0. The summed E-state index contributed by atoms with van der Waals surface area (Å²) in [5.41, 5.74) is 3.85. The van der Waals surface area contributed by atoms with Crippen molar-refractivity contribution in [1.29, 1.82) is 0 Å². The van der Waals surface area contributed by atoms with Gasteiger partial charge in [-0.15, -0.1) is 24.8 Å². The maximum Gasteiger partial charge on any atom is 0.163 e. The number of anilines is 1. The number of rotatable bonds is 6. The summed E-state index contributed by atoms with van der Waals surface area (Å²) in [6, 6.07) is 7.58. The molecular weight excluding hydrogens is 530 g/mol. The van der Waals surface area contributed by atoms with E-state index in [1.165, 1.54) is 12.8 Å². The Morgan fingerprint density at radius 1 is 1.11 bits per heavy atom. The van der Waals surface area contributed by atoms with Crippen LogP contribution in [-0.4, -0.2) is 52.4 Å². The quantitative estimate of drug-likeness (QED) is 0.320. The summed E-state index contributed by atoms with van der Waals surface area (Å²) in [5, 5.41) is 13.7. The highest BCUT2D eigenvalue weighted by Crippen LogP contribution is 2.37. The first-order valence-electron chi connectivity index (χ1n) is 11.1. The lowest BCUT2D eigenvalue weighted by Gasteiger charge is -2.33. The standard InChI is InChI=1S/C25H28Cl2N4O2.2ClH/c1-14(32)18-13-28-22-9-8-21(16-10-19(26)25(33)20(27)11-16)30-24(22)23(18)29-12-15-4-6-17(7-5-15)31(2)3;;/h8-11,13,15,17,33H,4-7,12H2,1-3H3,(H,28,29);2*1H/t15-,17-;;. The number of hydrogen-bond acceptors (Lipinski definition) is 6. The maximum atomic E-state index is 12.4. The number of nitrogens with zero attached hydrogens (tertiary/aromatic N) is 3. The molecule has 1 fully saturated rings. The van der Waals surface area contributed by atoms with Gasteiger partial charge in [0.1, 0.15) is 5.52 Å². The molecule has 1 saturated carbocycles. The van der Waals surface area contributed by atoms with Crippen LogP contribution in [0.5, 0.6) is 5.75 Å². The van der Waals surface area contributed by atoms with Crippen LogP contribution in [-0.2, 0) is 0 Å². The van der Waals surface area contributed by atoms with E-state index in [9.17, 15) is 9.90 Å². The molecule has 6 nitrogen and oxygen atoms in total. The molecule has 0 aliphatic heterocycles. The number of Topliss-reactive ketones (excluding diaryl/α,β-unsaturated/α-hetero) is 1. The SMILES string of the molecule is CC(=O)c1cnc2ccc(-c3cc(Cl)c(O)c(Cl)c3)nc2c1NC[C@H]1CC[C@H](N(C)C)CC1.Cl.Cl. The van der Waals surface area contributed by atoms with Gasteiger partial charge in [-0.1, -0.05) is 23.2 Å². The van der Waals surface area contributed by atoms with Gasteiger partial charge in [-0.05, 0) is 76.9 Å². The van der Waals surface area contributed by atoms with Crippen molar-refractivity contribution in [1.82, 2.24) is 14.9 Å². The molecule has 190 valence electrons. The number of hydrogen-bond donors (Lipinski definition) is 2. The van der Waals surface area contributed by atoms with Gasteiger partial charge in [0.2, 0.25) is 0 Å². The van der Waals surface area contributed by atoms with Crippen molar-refractivity contribution >= 4 is 70.5 Å². The van der Waals surface area contributed by atoms with Crippen LogP contribution in [0, 0.1) is 5.92 Å². The Morgan fingerprint density at radius 3 is 2.31 bits per heavy atom. The number of benzene rings is 1. The van der Waals surface area contributed by atoms with E-state index in [4.69, 9.17) is 28.2 Å². The van der Waals surface area contributed by atoms with Crippen LogP contribution in [0.15, 0.2) is 30.5 Å². The van der Waals surface area contributed by atoms with E-state index >= 15 is 0 Å². The van der Waals surface area contributed by atoms with E-state index in [1.54, 1.807) is 25.3 Å². The molecule has 4 rings (SSSR count). The van der Waals surface area contributed by atoms with Crippen LogP contribution in [0.1, 0.15) is 43.0 Å². The Morgan fingerprint density at radius 2 is 1.74 bits per heavy atom. The van der Waals surface area contributed by atoms with Gasteiger partial charge in [-0.25, -0.2) is 4.98 Å². The van der Waals surface area contributed by atoms with Crippen LogP contribution < -0.4 is 5.32 Å². The highest BCUT2D eigenvalue weighted by molar-refractivity contribution is 6.37. The fourth-order valence-electron chi connectivity index (χ4n) is 4.50. The van der Waals surface area contributed by atoms with Crippen LogP contribution >= 0.6 is 48.0 Å². The second kappa shape index (κ2) is 12.4. The summed E-state index contributed by atoms with van der Waals surface area (Å²) in [6.45, 7) is 2.32. The van der Waals surface area contributed by atoms with Gasteiger partial charge < -0.3 is 15.3 Å². The monoisotopic (exact) mass is 558 g/mol. The number of fused-ring (bicyclic) bond motifs is 1. The number of halogens is 4. The third-order valence-electron chi connectivity index (χ3n) is 6.52. The van der Waals surface area contributed by atoms with Crippen LogP contribution in [0.4, 0.5) is 5.69 Å². The number of phenolic OH excluding ortho intramolecular Hbond substituents is 1. The highest BCUT2D eigenvalue weighted by Gasteiger charge is 2.23. The molecule has 2 N–H and O–H groups in total. The fraction of sp³-hybridized carbons (Fsp3) is 0.400. The fourth-order valence-corrected chi connectivity index (χ4v) is 4.99. The minimum Gasteiger partial charge on any atom is -0.505 e. The Balaban J connectivity index is 0.00000216. The molecule has 35 heavy (non-hydrogen) atoms. The normalized spacial score (nSPS) is 17.5. The summed E-state index contributed by atoms with van der Waals surface area (Å²) in [7, 11) is 4.28. The number of phenols is 1. The van der Waals surface area contributed by atoms with Crippen molar-refractivity contribution in [2.24, 2.45) is 5.92 Å². The van der Waals surface area contributed by atoms with Gasteiger partial charge in [-0.2, -0.15) is 0 Å². The average molecular weight is 560 g/mol. The van der Waals surface area contributed by atoms with E-state index in [0.717, 1.165) is 19.4 Å². The third-order valence-corrected chi connectivity index (χ3v) is 7.10. The topological polar surface area (TPSA) is 78.3 Å². The maximum absolute atomic E-state index is 12.4. The first-order chi connectivity index (χ1) is 15.7. The van der Waals surface area contributed by atoms with E-state index in [2.05, 4.69) is 29.3 Å². The molecule has 0 saturated heterocycles. The summed E-state index contributed by atoms with van der Waals surface area (Å²) in [5.74, 6) is 0.322. The zero-order chi connectivity index (χ0) is 23.7. The molecule has 1 aromatic carbocycles. The van der Waals surface area contributed by atoms with Crippen molar-refractivity contribution < 1.29 is 9.90 Å².